The summed E-state index contributed by atoms with van der Waals surface area (Å²) in [7, 11) is 0. The number of likely N-dealkylation sites (N-methyl/N-ethyl adjacent to an activating group) is 1. The molecular weight excluding hydrogens is 304 g/mol. The van der Waals surface area contributed by atoms with Crippen LogP contribution in [-0.4, -0.2) is 59.0 Å². The van der Waals surface area contributed by atoms with Gasteiger partial charge in [0.1, 0.15) is 0 Å². The van der Waals surface area contributed by atoms with Gasteiger partial charge in [0.2, 0.25) is 5.91 Å². The van der Waals surface area contributed by atoms with E-state index in [1.54, 1.807) is 0 Å². The van der Waals surface area contributed by atoms with Crippen molar-refractivity contribution in [1.82, 2.24) is 9.80 Å². The van der Waals surface area contributed by atoms with E-state index in [9.17, 15) is 9.59 Å². The van der Waals surface area contributed by atoms with E-state index in [1.165, 1.54) is 25.7 Å². The first-order valence-corrected chi connectivity index (χ1v) is 9.54. The molecule has 1 saturated heterocycles. The van der Waals surface area contributed by atoms with Crippen molar-refractivity contribution in [2.75, 3.05) is 26.2 Å². The van der Waals surface area contributed by atoms with Crippen molar-refractivity contribution in [3.63, 3.8) is 0 Å². The molecule has 24 heavy (non-hydrogen) atoms. The minimum Gasteiger partial charge on any atom is -0.480 e. The van der Waals surface area contributed by atoms with Gasteiger partial charge in [-0.15, -0.1) is 0 Å². The average molecular weight is 338 g/mol. The van der Waals surface area contributed by atoms with Crippen molar-refractivity contribution >= 4 is 11.9 Å². The van der Waals surface area contributed by atoms with Crippen LogP contribution in [0, 0.1) is 11.3 Å². The predicted molar refractivity (Wildman–Crippen MR) is 94.8 cm³/mol. The van der Waals surface area contributed by atoms with Crippen LogP contribution in [0.3, 0.4) is 0 Å². The van der Waals surface area contributed by atoms with Crippen LogP contribution in [0.15, 0.2) is 0 Å². The summed E-state index contributed by atoms with van der Waals surface area (Å²) in [6, 6.07) is 0.297. The molecule has 138 valence electrons. The number of carboxylic acids is 1. The highest BCUT2D eigenvalue weighted by Crippen LogP contribution is 2.39. The molecule has 2 fully saturated rings. The zero-order valence-electron chi connectivity index (χ0n) is 15.6. The van der Waals surface area contributed by atoms with Crippen LogP contribution >= 0.6 is 0 Å². The zero-order chi connectivity index (χ0) is 17.7. The summed E-state index contributed by atoms with van der Waals surface area (Å²) in [5.74, 6) is 0.0948. The van der Waals surface area contributed by atoms with Crippen LogP contribution in [0.25, 0.3) is 0 Å². The lowest BCUT2D eigenvalue weighted by molar-refractivity contribution is -0.140. The van der Waals surface area contributed by atoms with Gasteiger partial charge in [-0.3, -0.25) is 14.5 Å². The molecule has 2 rings (SSSR count). The highest BCUT2D eigenvalue weighted by atomic mass is 16.4. The van der Waals surface area contributed by atoms with Gasteiger partial charge in [-0.2, -0.15) is 0 Å². The van der Waals surface area contributed by atoms with E-state index in [-0.39, 0.29) is 6.54 Å². The highest BCUT2D eigenvalue weighted by Gasteiger charge is 2.31. The van der Waals surface area contributed by atoms with Gasteiger partial charge in [0.05, 0.1) is 6.54 Å². The molecule has 1 amide bonds. The molecule has 1 heterocycles. The number of rotatable bonds is 6. The number of aliphatic carboxylic acids is 1. The number of carboxylic acid groups (broad SMARTS) is 1. The van der Waals surface area contributed by atoms with Gasteiger partial charge in [0.25, 0.3) is 0 Å². The number of piperidine rings is 1. The van der Waals surface area contributed by atoms with Crippen molar-refractivity contribution in [2.45, 2.75) is 71.8 Å². The second-order valence-corrected chi connectivity index (χ2v) is 8.38. The second-order valence-electron chi connectivity index (χ2n) is 8.38. The summed E-state index contributed by atoms with van der Waals surface area (Å²) in [6.45, 7) is 9.06. The molecular formula is C19H34N2O3. The van der Waals surface area contributed by atoms with Gasteiger partial charge in [0.15, 0.2) is 0 Å². The summed E-state index contributed by atoms with van der Waals surface area (Å²) in [5, 5.41) is 9.00. The third kappa shape index (κ3) is 5.47. The van der Waals surface area contributed by atoms with E-state index in [0.717, 1.165) is 32.5 Å². The first kappa shape index (κ1) is 19.2. The Morgan fingerprint density at radius 3 is 2.21 bits per heavy atom. The SMILES string of the molecule is CCN(CC(=O)O)C1CCN(C(=O)CC2CCC(C)(C)CC2)CC1. The molecule has 0 aromatic heterocycles. The zero-order valence-corrected chi connectivity index (χ0v) is 15.6. The summed E-state index contributed by atoms with van der Waals surface area (Å²) in [6.07, 6.45) is 7.30. The number of amides is 1. The molecule has 0 bridgehead atoms. The molecule has 1 N–H and O–H groups in total. The van der Waals surface area contributed by atoms with Crippen molar-refractivity contribution in [3.05, 3.63) is 0 Å². The molecule has 1 aliphatic heterocycles. The molecule has 0 aromatic carbocycles. The Morgan fingerprint density at radius 1 is 1.12 bits per heavy atom. The fourth-order valence-electron chi connectivity index (χ4n) is 4.19. The van der Waals surface area contributed by atoms with E-state index < -0.39 is 5.97 Å². The minimum absolute atomic E-state index is 0.104. The van der Waals surface area contributed by atoms with E-state index in [1.807, 2.05) is 16.7 Å². The molecule has 2 aliphatic rings. The maximum absolute atomic E-state index is 12.6. The lowest BCUT2D eigenvalue weighted by Crippen LogP contribution is -2.48. The molecule has 1 aliphatic carbocycles. The number of carbonyl (C=O) groups is 2. The molecule has 0 radical (unpaired) electrons. The fraction of sp³-hybridized carbons (Fsp3) is 0.895. The summed E-state index contributed by atoms with van der Waals surface area (Å²) >= 11 is 0. The maximum Gasteiger partial charge on any atom is 0.317 e. The summed E-state index contributed by atoms with van der Waals surface area (Å²) < 4.78 is 0. The first-order valence-electron chi connectivity index (χ1n) is 9.54. The largest absolute Gasteiger partial charge is 0.480 e. The third-order valence-corrected chi connectivity index (χ3v) is 6.00. The summed E-state index contributed by atoms with van der Waals surface area (Å²) in [4.78, 5) is 27.5. The Kier molecular flexibility index (Phi) is 6.67. The number of hydrogen-bond acceptors (Lipinski definition) is 3. The molecule has 5 nitrogen and oxygen atoms in total. The van der Waals surface area contributed by atoms with Crippen molar-refractivity contribution in [2.24, 2.45) is 11.3 Å². The van der Waals surface area contributed by atoms with Crippen molar-refractivity contribution in [1.29, 1.82) is 0 Å². The Labute approximate surface area is 146 Å². The normalized spacial score (nSPS) is 22.8. The van der Waals surface area contributed by atoms with E-state index >= 15 is 0 Å². The Balaban J connectivity index is 1.75. The molecule has 5 heteroatoms. The molecule has 0 aromatic rings. The van der Waals surface area contributed by atoms with Crippen LogP contribution in [0.4, 0.5) is 0 Å². The van der Waals surface area contributed by atoms with Gasteiger partial charge in [-0.1, -0.05) is 20.8 Å². The monoisotopic (exact) mass is 338 g/mol. The summed E-state index contributed by atoms with van der Waals surface area (Å²) in [5.41, 5.74) is 0.450. The van der Waals surface area contributed by atoms with Crippen LogP contribution in [0.5, 0.6) is 0 Å². The van der Waals surface area contributed by atoms with Gasteiger partial charge in [0, 0.05) is 25.6 Å². The standard InChI is InChI=1S/C19H34N2O3/c1-4-20(14-18(23)24)16-7-11-21(12-8-16)17(22)13-15-5-9-19(2,3)10-6-15/h15-16H,4-14H2,1-3H3,(H,23,24). The van der Waals surface area contributed by atoms with Crippen LogP contribution in [0.1, 0.15) is 65.7 Å². The third-order valence-electron chi connectivity index (χ3n) is 6.00. The molecule has 0 spiro atoms. The molecule has 0 atom stereocenters. The fourth-order valence-corrected chi connectivity index (χ4v) is 4.19. The van der Waals surface area contributed by atoms with Crippen molar-refractivity contribution < 1.29 is 14.7 Å². The minimum atomic E-state index is -0.768. The second kappa shape index (κ2) is 8.32. The van der Waals surface area contributed by atoms with E-state index in [4.69, 9.17) is 5.11 Å². The maximum atomic E-state index is 12.6. The Hall–Kier alpha value is -1.10. The lowest BCUT2D eigenvalue weighted by Gasteiger charge is -2.39. The number of likely N-dealkylation sites (tertiary alicyclic amines) is 1. The van der Waals surface area contributed by atoms with E-state index in [2.05, 4.69) is 13.8 Å². The Morgan fingerprint density at radius 2 is 1.71 bits per heavy atom. The average Bonchev–Trinajstić information content (AvgIpc) is 2.54. The molecule has 1 saturated carbocycles. The number of carbonyl (C=O) groups excluding carboxylic acids is 1. The van der Waals surface area contributed by atoms with Gasteiger partial charge in [-0.05, 0) is 56.4 Å². The van der Waals surface area contributed by atoms with Crippen LogP contribution < -0.4 is 0 Å². The van der Waals surface area contributed by atoms with Crippen LogP contribution in [-0.2, 0) is 9.59 Å². The Bertz CT molecular complexity index is 432. The predicted octanol–water partition coefficient (Wildman–Crippen LogP) is 2.99. The smallest absolute Gasteiger partial charge is 0.317 e. The first-order chi connectivity index (χ1) is 11.3. The lowest BCUT2D eigenvalue weighted by atomic mass is 9.72. The van der Waals surface area contributed by atoms with E-state index in [0.29, 0.717) is 29.7 Å². The quantitative estimate of drug-likeness (QED) is 0.809. The molecule has 0 unspecified atom stereocenters. The van der Waals surface area contributed by atoms with Gasteiger partial charge >= 0.3 is 5.97 Å². The van der Waals surface area contributed by atoms with Gasteiger partial charge < -0.3 is 10.0 Å². The van der Waals surface area contributed by atoms with Crippen LogP contribution in [0.2, 0.25) is 0 Å². The van der Waals surface area contributed by atoms with Crippen molar-refractivity contribution in [3.8, 4) is 0 Å². The van der Waals surface area contributed by atoms with Gasteiger partial charge in [-0.25, -0.2) is 0 Å². The number of nitrogens with zero attached hydrogens (tertiary/aromatic N) is 2. The topological polar surface area (TPSA) is 60.9 Å². The highest BCUT2D eigenvalue weighted by molar-refractivity contribution is 5.76. The number of hydrogen-bond donors (Lipinski definition) is 1.